The molecular weight excluding hydrogens is 270 g/mol. The van der Waals surface area contributed by atoms with E-state index in [2.05, 4.69) is 33.2 Å². The fourth-order valence-corrected chi connectivity index (χ4v) is 3.93. The van der Waals surface area contributed by atoms with Gasteiger partial charge in [-0.1, -0.05) is 26.2 Å². The molecule has 1 fully saturated rings. The van der Waals surface area contributed by atoms with Crippen molar-refractivity contribution in [1.82, 2.24) is 14.7 Å². The van der Waals surface area contributed by atoms with E-state index < -0.39 is 0 Å². The van der Waals surface area contributed by atoms with E-state index in [1.54, 1.807) is 18.4 Å². The van der Waals surface area contributed by atoms with Crippen LogP contribution in [0.25, 0.3) is 4.96 Å². The molecule has 1 aliphatic carbocycles. The third-order valence-corrected chi connectivity index (χ3v) is 5.26. The van der Waals surface area contributed by atoms with E-state index in [-0.39, 0.29) is 0 Å². The van der Waals surface area contributed by atoms with Crippen molar-refractivity contribution in [2.75, 3.05) is 13.7 Å². The van der Waals surface area contributed by atoms with Gasteiger partial charge in [-0.25, -0.2) is 0 Å². The molecule has 1 saturated carbocycles. The first kappa shape index (κ1) is 13.9. The van der Waals surface area contributed by atoms with Crippen LogP contribution in [-0.2, 0) is 6.54 Å². The second-order valence-corrected chi connectivity index (χ2v) is 6.65. The van der Waals surface area contributed by atoms with Crippen molar-refractivity contribution >= 4 is 16.3 Å². The largest absolute Gasteiger partial charge is 0.480 e. The number of imidazole rings is 1. The molecule has 0 bridgehead atoms. The van der Waals surface area contributed by atoms with Gasteiger partial charge in [0.05, 0.1) is 7.11 Å². The summed E-state index contributed by atoms with van der Waals surface area (Å²) >= 11 is 1.64. The van der Waals surface area contributed by atoms with Gasteiger partial charge in [-0.2, -0.15) is 4.98 Å². The molecule has 2 aromatic heterocycles. The minimum absolute atomic E-state index is 0.751. The van der Waals surface area contributed by atoms with Gasteiger partial charge >= 0.3 is 0 Å². The number of ether oxygens (including phenoxy) is 1. The van der Waals surface area contributed by atoms with Crippen LogP contribution in [0.3, 0.4) is 0 Å². The van der Waals surface area contributed by atoms with Crippen molar-refractivity contribution in [3.63, 3.8) is 0 Å². The van der Waals surface area contributed by atoms with Crippen LogP contribution < -0.4 is 10.1 Å². The Morgan fingerprint density at radius 1 is 1.45 bits per heavy atom. The Labute approximate surface area is 124 Å². The number of hydrogen-bond acceptors (Lipinski definition) is 4. The fraction of sp³-hybridized carbons (Fsp3) is 0.667. The molecule has 0 amide bonds. The summed E-state index contributed by atoms with van der Waals surface area (Å²) in [6, 6.07) is 0. The summed E-state index contributed by atoms with van der Waals surface area (Å²) < 4.78 is 7.51. The number of aromatic nitrogens is 2. The van der Waals surface area contributed by atoms with Gasteiger partial charge in [0.2, 0.25) is 5.88 Å². The summed E-state index contributed by atoms with van der Waals surface area (Å²) in [6.45, 7) is 4.31. The molecule has 1 N–H and O–H groups in total. The topological polar surface area (TPSA) is 38.6 Å². The number of thiazole rings is 1. The summed E-state index contributed by atoms with van der Waals surface area (Å²) in [4.78, 5) is 5.50. The van der Waals surface area contributed by atoms with E-state index in [0.717, 1.165) is 41.5 Å². The summed E-state index contributed by atoms with van der Waals surface area (Å²) in [5.74, 6) is 2.42. The third kappa shape index (κ3) is 2.69. The van der Waals surface area contributed by atoms with Crippen LogP contribution in [0, 0.1) is 11.8 Å². The molecule has 0 saturated heterocycles. The molecule has 0 radical (unpaired) electrons. The van der Waals surface area contributed by atoms with Crippen molar-refractivity contribution in [1.29, 1.82) is 0 Å². The summed E-state index contributed by atoms with van der Waals surface area (Å²) in [7, 11) is 1.69. The molecule has 0 aliphatic heterocycles. The van der Waals surface area contributed by atoms with Crippen LogP contribution >= 0.6 is 11.3 Å². The maximum atomic E-state index is 5.39. The van der Waals surface area contributed by atoms with E-state index >= 15 is 0 Å². The lowest BCUT2D eigenvalue weighted by atomic mass is 9.80. The fourth-order valence-electron chi connectivity index (χ4n) is 3.21. The van der Waals surface area contributed by atoms with Crippen molar-refractivity contribution < 1.29 is 4.74 Å². The number of methoxy groups -OCH3 is 1. The zero-order chi connectivity index (χ0) is 13.9. The highest BCUT2D eigenvalue weighted by Gasteiger charge is 2.21. The van der Waals surface area contributed by atoms with Gasteiger partial charge in [-0.15, -0.1) is 11.3 Å². The van der Waals surface area contributed by atoms with Gasteiger partial charge in [0.25, 0.3) is 0 Å². The first-order valence-corrected chi connectivity index (χ1v) is 8.36. The molecule has 2 aromatic rings. The van der Waals surface area contributed by atoms with Gasteiger partial charge in [0, 0.05) is 18.1 Å². The van der Waals surface area contributed by atoms with Gasteiger partial charge in [0.15, 0.2) is 4.96 Å². The molecule has 1 aliphatic rings. The standard InChI is InChI=1S/C15H23N3OS/c1-11-5-3-4-6-12(11)9-16-10-13-14(19-2)17-15-18(13)7-8-20-15/h7-8,11-12,16H,3-6,9-10H2,1-2H3. The van der Waals surface area contributed by atoms with Crippen molar-refractivity contribution in [3.8, 4) is 5.88 Å². The van der Waals surface area contributed by atoms with Crippen molar-refractivity contribution in [2.45, 2.75) is 39.2 Å². The van der Waals surface area contributed by atoms with Crippen molar-refractivity contribution in [3.05, 3.63) is 17.3 Å². The maximum absolute atomic E-state index is 5.39. The number of nitrogens with zero attached hydrogens (tertiary/aromatic N) is 2. The van der Waals surface area contributed by atoms with Crippen LogP contribution in [0.4, 0.5) is 0 Å². The number of hydrogen-bond donors (Lipinski definition) is 1. The van der Waals surface area contributed by atoms with E-state index in [1.807, 2.05) is 0 Å². The average Bonchev–Trinajstić information content (AvgIpc) is 3.02. The van der Waals surface area contributed by atoms with Crippen LogP contribution in [0.2, 0.25) is 0 Å². The zero-order valence-electron chi connectivity index (χ0n) is 12.3. The van der Waals surface area contributed by atoms with Gasteiger partial charge in [-0.3, -0.25) is 4.40 Å². The quantitative estimate of drug-likeness (QED) is 0.919. The Bertz CT molecular complexity index is 562. The van der Waals surface area contributed by atoms with Gasteiger partial charge in [-0.05, 0) is 24.8 Å². The monoisotopic (exact) mass is 293 g/mol. The van der Waals surface area contributed by atoms with E-state index in [1.165, 1.54) is 25.7 Å². The molecule has 2 unspecified atom stereocenters. The maximum Gasteiger partial charge on any atom is 0.237 e. The second-order valence-electron chi connectivity index (χ2n) is 5.78. The van der Waals surface area contributed by atoms with Crippen LogP contribution in [0.5, 0.6) is 5.88 Å². The first-order chi connectivity index (χ1) is 9.79. The smallest absolute Gasteiger partial charge is 0.237 e. The van der Waals surface area contributed by atoms with Gasteiger partial charge in [0.1, 0.15) is 5.69 Å². The first-order valence-electron chi connectivity index (χ1n) is 7.48. The predicted molar refractivity (Wildman–Crippen MR) is 82.4 cm³/mol. The third-order valence-electron chi connectivity index (χ3n) is 4.51. The normalized spacial score (nSPS) is 23.3. The summed E-state index contributed by atoms with van der Waals surface area (Å²) in [5.41, 5.74) is 1.13. The molecular formula is C15H23N3OS. The lowest BCUT2D eigenvalue weighted by Crippen LogP contribution is -2.29. The lowest BCUT2D eigenvalue weighted by molar-refractivity contribution is 0.247. The minimum Gasteiger partial charge on any atom is -0.480 e. The molecule has 3 rings (SSSR count). The molecule has 0 spiro atoms. The Morgan fingerprint density at radius 2 is 2.30 bits per heavy atom. The Hall–Kier alpha value is -1.07. The number of nitrogens with one attached hydrogen (secondary N) is 1. The molecule has 4 nitrogen and oxygen atoms in total. The highest BCUT2D eigenvalue weighted by molar-refractivity contribution is 7.15. The Morgan fingerprint density at radius 3 is 3.10 bits per heavy atom. The highest BCUT2D eigenvalue weighted by Crippen LogP contribution is 2.29. The van der Waals surface area contributed by atoms with Crippen LogP contribution in [-0.4, -0.2) is 23.0 Å². The lowest BCUT2D eigenvalue weighted by Gasteiger charge is -2.28. The molecule has 0 aromatic carbocycles. The van der Waals surface area contributed by atoms with Crippen LogP contribution in [0.1, 0.15) is 38.3 Å². The van der Waals surface area contributed by atoms with E-state index in [0.29, 0.717) is 0 Å². The predicted octanol–water partition coefficient (Wildman–Crippen LogP) is 3.32. The molecule has 20 heavy (non-hydrogen) atoms. The minimum atomic E-state index is 0.751. The zero-order valence-corrected chi connectivity index (χ0v) is 13.1. The Balaban J connectivity index is 1.63. The Kier molecular flexibility index (Phi) is 4.27. The molecule has 5 heteroatoms. The van der Waals surface area contributed by atoms with Gasteiger partial charge < -0.3 is 10.1 Å². The van der Waals surface area contributed by atoms with Crippen LogP contribution in [0.15, 0.2) is 11.6 Å². The molecule has 2 atom stereocenters. The molecule has 110 valence electrons. The summed E-state index contributed by atoms with van der Waals surface area (Å²) in [5, 5.41) is 5.67. The highest BCUT2D eigenvalue weighted by atomic mass is 32.1. The van der Waals surface area contributed by atoms with E-state index in [9.17, 15) is 0 Å². The average molecular weight is 293 g/mol. The van der Waals surface area contributed by atoms with E-state index in [4.69, 9.17) is 4.74 Å². The number of fused-ring (bicyclic) bond motifs is 1. The number of rotatable bonds is 5. The molecule has 2 heterocycles. The van der Waals surface area contributed by atoms with Crippen molar-refractivity contribution in [2.24, 2.45) is 11.8 Å². The SMILES string of the molecule is COc1nc2sccn2c1CNCC1CCCCC1C. The second kappa shape index (κ2) is 6.14. The summed E-state index contributed by atoms with van der Waals surface area (Å²) in [6.07, 6.45) is 7.61.